The minimum Gasteiger partial charge on any atom is -0.363 e. The van der Waals surface area contributed by atoms with Gasteiger partial charge in [0.05, 0.1) is 6.54 Å². The summed E-state index contributed by atoms with van der Waals surface area (Å²) in [5.41, 5.74) is 16.7. The molecule has 0 aliphatic rings. The lowest BCUT2D eigenvalue weighted by molar-refractivity contribution is -0.497. The minimum atomic E-state index is 0.466. The Bertz CT molecular complexity index is 996. The monoisotopic (exact) mass is 422 g/mol. The zero-order valence-corrected chi connectivity index (χ0v) is 18.6. The molecule has 2 aromatic carbocycles. The molecule has 0 radical (unpaired) electrons. The highest BCUT2D eigenvalue weighted by Gasteiger charge is 2.26. The molecule has 0 saturated carbocycles. The fourth-order valence-corrected chi connectivity index (χ4v) is 2.82. The summed E-state index contributed by atoms with van der Waals surface area (Å²) in [5, 5.41) is 8.55. The molecule has 2 aromatic rings. The summed E-state index contributed by atoms with van der Waals surface area (Å²) in [6, 6.07) is 19.3. The van der Waals surface area contributed by atoms with Gasteiger partial charge < -0.3 is 11.5 Å². The molecule has 0 bridgehead atoms. The molecule has 0 atom stereocenters. The van der Waals surface area contributed by atoms with Crippen LogP contribution in [0.2, 0.25) is 0 Å². The zero-order valence-electron chi connectivity index (χ0n) is 18.6. The molecule has 6 N–H and O–H groups in total. The van der Waals surface area contributed by atoms with E-state index in [4.69, 9.17) is 11.5 Å². The molecule has 9 nitrogen and oxygen atoms in total. The van der Waals surface area contributed by atoms with E-state index >= 15 is 0 Å². The van der Waals surface area contributed by atoms with E-state index in [1.54, 1.807) is 0 Å². The van der Waals surface area contributed by atoms with Gasteiger partial charge in [-0.05, 0) is 38.1 Å². The van der Waals surface area contributed by atoms with Gasteiger partial charge in [0.2, 0.25) is 5.11 Å². The van der Waals surface area contributed by atoms with Crippen LogP contribution >= 0.6 is 0 Å². The number of hydrogen-bond donors (Lipinski definition) is 4. The second-order valence-corrected chi connectivity index (χ2v) is 6.67. The van der Waals surface area contributed by atoms with Crippen LogP contribution in [0, 0.1) is 0 Å². The number of para-hydroxylation sites is 2. The van der Waals surface area contributed by atoms with Crippen LogP contribution in [0.25, 0.3) is 0 Å². The van der Waals surface area contributed by atoms with E-state index in [0.29, 0.717) is 36.7 Å². The molecule has 0 saturated heterocycles. The standard InChI is InChI=1S/C22H29N9/c1-5-30(17(3)23)21(25-19-13-9-7-10-14-19)27-29-28-22(31(6-2)18(4)24)26-20-15-11-8-12-16-20/h7-16,23-24H,5-6H2,1-4H3,(H,25,26,27,28)/p+3. The van der Waals surface area contributed by atoms with Gasteiger partial charge in [0, 0.05) is 13.8 Å². The van der Waals surface area contributed by atoms with Gasteiger partial charge in [-0.15, -0.1) is 15.0 Å². The molecule has 0 aliphatic carbocycles. The highest BCUT2D eigenvalue weighted by atomic mass is 15.5. The predicted octanol–water partition coefficient (Wildman–Crippen LogP) is 1.22. The van der Waals surface area contributed by atoms with Gasteiger partial charge in [-0.3, -0.25) is 0 Å². The molecule has 9 heteroatoms. The van der Waals surface area contributed by atoms with Gasteiger partial charge in [-0.2, -0.15) is 4.99 Å². The SMILES string of the molecule is CC/[N+](C(=Nc1ccccc1)N/N=N/C(=[NH+]c1ccccc1)/[N+](CC)=C(/C)N)=C(\C)N. The number of nitrogens with two attached hydrogens (primary N) is 2. The van der Waals surface area contributed by atoms with Crippen molar-refractivity contribution in [1.82, 2.24) is 5.43 Å². The Kier molecular flexibility index (Phi) is 9.03. The number of guanidine groups is 2. The van der Waals surface area contributed by atoms with Crippen LogP contribution in [0.4, 0.5) is 11.4 Å². The van der Waals surface area contributed by atoms with Crippen molar-refractivity contribution in [3.05, 3.63) is 60.7 Å². The van der Waals surface area contributed by atoms with E-state index in [2.05, 4.69) is 25.7 Å². The lowest BCUT2D eigenvalue weighted by Gasteiger charge is -2.05. The van der Waals surface area contributed by atoms with Crippen molar-refractivity contribution < 1.29 is 14.1 Å². The molecule has 162 valence electrons. The Morgan fingerprint density at radius 3 is 1.94 bits per heavy atom. The van der Waals surface area contributed by atoms with E-state index in [1.807, 2.05) is 97.5 Å². The van der Waals surface area contributed by atoms with Crippen molar-refractivity contribution in [1.29, 1.82) is 0 Å². The van der Waals surface area contributed by atoms with Crippen LogP contribution in [0.5, 0.6) is 0 Å². The Morgan fingerprint density at radius 1 is 0.871 bits per heavy atom. The average Bonchev–Trinajstić information content (AvgIpc) is 2.75. The lowest BCUT2D eigenvalue weighted by Crippen LogP contribution is -2.69. The van der Waals surface area contributed by atoms with Crippen molar-refractivity contribution in [2.24, 2.45) is 26.8 Å². The number of nitrogens with one attached hydrogen (secondary N) is 2. The van der Waals surface area contributed by atoms with Crippen LogP contribution < -0.4 is 21.9 Å². The van der Waals surface area contributed by atoms with Gasteiger partial charge in [0.15, 0.2) is 17.4 Å². The summed E-state index contributed by atoms with van der Waals surface area (Å²) in [5.74, 6) is 2.14. The summed E-state index contributed by atoms with van der Waals surface area (Å²) in [6.07, 6.45) is 0. The van der Waals surface area contributed by atoms with Crippen LogP contribution in [0.3, 0.4) is 0 Å². The molecular weight excluding hydrogens is 390 g/mol. The number of amidine groups is 2. The van der Waals surface area contributed by atoms with Crippen LogP contribution in [0.15, 0.2) is 76.0 Å². The van der Waals surface area contributed by atoms with E-state index in [1.165, 1.54) is 0 Å². The molecule has 0 aromatic heterocycles. The lowest BCUT2D eigenvalue weighted by atomic mass is 10.3. The fraction of sp³-hybridized carbons (Fsp3) is 0.273. The van der Waals surface area contributed by atoms with Crippen LogP contribution in [0.1, 0.15) is 27.7 Å². The van der Waals surface area contributed by atoms with Gasteiger partial charge >= 0.3 is 11.9 Å². The van der Waals surface area contributed by atoms with Crippen LogP contribution in [-0.4, -0.2) is 45.8 Å². The number of aliphatic imine (C=N–C) groups is 1. The van der Waals surface area contributed by atoms with Gasteiger partial charge in [-0.1, -0.05) is 36.4 Å². The average molecular weight is 423 g/mol. The summed E-state index contributed by atoms with van der Waals surface area (Å²) in [7, 11) is 0. The Balaban J connectivity index is 2.43. The number of rotatable bonds is 5. The molecule has 31 heavy (non-hydrogen) atoms. The Labute approximate surface area is 183 Å². The van der Waals surface area contributed by atoms with E-state index in [-0.39, 0.29) is 0 Å². The zero-order chi connectivity index (χ0) is 22.6. The van der Waals surface area contributed by atoms with Gasteiger partial charge in [0.25, 0.3) is 0 Å². The first-order valence-electron chi connectivity index (χ1n) is 10.2. The van der Waals surface area contributed by atoms with E-state index in [9.17, 15) is 0 Å². The second-order valence-electron chi connectivity index (χ2n) is 6.67. The van der Waals surface area contributed by atoms with Crippen LogP contribution in [-0.2, 0) is 0 Å². The fourth-order valence-electron chi connectivity index (χ4n) is 2.82. The molecule has 0 spiro atoms. The summed E-state index contributed by atoms with van der Waals surface area (Å²) < 4.78 is 3.64. The van der Waals surface area contributed by atoms with Crippen molar-refractivity contribution >= 4 is 35.0 Å². The molecule has 2 rings (SSSR count). The quantitative estimate of drug-likeness (QED) is 0.191. The minimum absolute atomic E-state index is 0.466. The van der Waals surface area contributed by atoms with E-state index < -0.39 is 0 Å². The predicted molar refractivity (Wildman–Crippen MR) is 125 cm³/mol. The highest BCUT2D eigenvalue weighted by molar-refractivity contribution is 5.84. The summed E-state index contributed by atoms with van der Waals surface area (Å²) >= 11 is 0. The highest BCUT2D eigenvalue weighted by Crippen LogP contribution is 2.10. The van der Waals surface area contributed by atoms with Gasteiger partial charge in [0.1, 0.15) is 17.5 Å². The van der Waals surface area contributed by atoms with Crippen molar-refractivity contribution in [3.8, 4) is 0 Å². The third-order valence-corrected chi connectivity index (χ3v) is 4.31. The number of benzene rings is 2. The number of nitrogens with zero attached hydrogens (tertiary/aromatic N) is 5. The smallest absolute Gasteiger partial charge is 0.363 e. The summed E-state index contributed by atoms with van der Waals surface area (Å²) in [4.78, 5) is 7.89. The molecular formula is C22H32N9+3. The molecule has 0 fully saturated rings. The third-order valence-electron chi connectivity index (χ3n) is 4.31. The first-order chi connectivity index (χ1) is 15.0. The molecule has 0 amide bonds. The van der Waals surface area contributed by atoms with Gasteiger partial charge in [-0.25, -0.2) is 4.58 Å². The Hall–Kier alpha value is -3.88. The molecule has 0 heterocycles. The third kappa shape index (κ3) is 7.14. The van der Waals surface area contributed by atoms with Crippen molar-refractivity contribution in [2.45, 2.75) is 27.7 Å². The second kappa shape index (κ2) is 12.0. The maximum absolute atomic E-state index is 6.05. The van der Waals surface area contributed by atoms with Crippen molar-refractivity contribution in [2.75, 3.05) is 13.1 Å². The first-order valence-corrected chi connectivity index (χ1v) is 10.2. The Morgan fingerprint density at radius 2 is 1.42 bits per heavy atom. The topological polar surface area (TPSA) is 121 Å². The largest absolute Gasteiger partial charge is 0.610 e. The number of hydrogen-bond acceptors (Lipinski definition) is 2. The first kappa shape index (κ1) is 23.4. The molecule has 0 aliphatic heterocycles. The molecule has 0 unspecified atom stereocenters. The normalized spacial score (nSPS) is 14.3. The maximum atomic E-state index is 6.05. The van der Waals surface area contributed by atoms with Crippen molar-refractivity contribution in [3.63, 3.8) is 0 Å². The summed E-state index contributed by atoms with van der Waals surface area (Å²) in [6.45, 7) is 8.83. The van der Waals surface area contributed by atoms with E-state index in [0.717, 1.165) is 11.4 Å². The maximum Gasteiger partial charge on any atom is 0.610 e.